The van der Waals surface area contributed by atoms with Crippen molar-refractivity contribution < 1.29 is 4.92 Å². The summed E-state index contributed by atoms with van der Waals surface area (Å²) in [5.41, 5.74) is 2.64. The lowest BCUT2D eigenvalue weighted by Crippen LogP contribution is -2.13. The Labute approximate surface area is 122 Å². The second-order valence-corrected chi connectivity index (χ2v) is 4.95. The minimum absolute atomic E-state index is 0.0367. The predicted molar refractivity (Wildman–Crippen MR) is 79.2 cm³/mol. The molecule has 0 radical (unpaired) electrons. The average molecular weight is 300 g/mol. The Morgan fingerprint density at radius 2 is 2.00 bits per heavy atom. The molecule has 8 heteroatoms. The zero-order valence-electron chi connectivity index (χ0n) is 10.5. The van der Waals surface area contributed by atoms with Crippen molar-refractivity contribution in [3.05, 3.63) is 67.6 Å². The van der Waals surface area contributed by atoms with E-state index in [-0.39, 0.29) is 11.2 Å². The van der Waals surface area contributed by atoms with Gasteiger partial charge in [-0.15, -0.1) is 0 Å². The van der Waals surface area contributed by atoms with Gasteiger partial charge >= 0.3 is 0 Å². The number of non-ortho nitro benzene ring substituents is 1. The molecule has 0 amide bonds. The van der Waals surface area contributed by atoms with E-state index < -0.39 is 4.92 Å². The van der Waals surface area contributed by atoms with Gasteiger partial charge in [0.15, 0.2) is 0 Å². The fourth-order valence-electron chi connectivity index (χ4n) is 1.75. The second-order valence-electron chi connectivity index (χ2n) is 4.13. The maximum absolute atomic E-state index is 11.7. The molecule has 2 aromatic heterocycles. The van der Waals surface area contributed by atoms with Crippen LogP contribution in [0.25, 0.3) is 17.1 Å². The molecule has 0 aliphatic carbocycles. The van der Waals surface area contributed by atoms with Crippen LogP contribution in [0.5, 0.6) is 0 Å². The van der Waals surface area contributed by atoms with E-state index in [0.717, 1.165) is 5.56 Å². The Balaban J connectivity index is 1.90. The van der Waals surface area contributed by atoms with Crippen LogP contribution < -0.4 is 5.56 Å². The molecule has 3 rings (SSSR count). The number of nitro benzene ring substituents is 1. The van der Waals surface area contributed by atoms with E-state index in [1.54, 1.807) is 29.8 Å². The quantitative estimate of drug-likeness (QED) is 0.546. The van der Waals surface area contributed by atoms with Crippen LogP contribution in [0.4, 0.5) is 5.69 Å². The molecule has 0 fully saturated rings. The predicted octanol–water partition coefficient (Wildman–Crippen LogP) is 2.23. The van der Waals surface area contributed by atoms with Crippen LogP contribution in [0, 0.1) is 10.1 Å². The molecule has 1 aromatic carbocycles. The summed E-state index contributed by atoms with van der Waals surface area (Å²) < 4.78 is 1.23. The molecular formula is C13H8N4O3S. The molecule has 0 saturated heterocycles. The molecule has 0 saturated carbocycles. The number of fused-ring (bicyclic) bond motifs is 1. The van der Waals surface area contributed by atoms with Gasteiger partial charge in [-0.25, -0.2) is 4.98 Å². The van der Waals surface area contributed by atoms with Gasteiger partial charge in [0.2, 0.25) is 4.96 Å². The maximum atomic E-state index is 11.7. The fourth-order valence-corrected chi connectivity index (χ4v) is 2.38. The topological polar surface area (TPSA) is 90.4 Å². The van der Waals surface area contributed by atoms with Gasteiger partial charge in [0, 0.05) is 18.2 Å². The smallest absolute Gasteiger partial charge is 0.267 e. The van der Waals surface area contributed by atoms with Gasteiger partial charge in [-0.3, -0.25) is 14.9 Å². The summed E-state index contributed by atoms with van der Waals surface area (Å²) in [6.07, 6.45) is 3.42. The summed E-state index contributed by atoms with van der Waals surface area (Å²) in [7, 11) is 0. The van der Waals surface area contributed by atoms with Crippen LogP contribution in [0.3, 0.4) is 0 Å². The van der Waals surface area contributed by atoms with Crippen LogP contribution in [-0.2, 0) is 0 Å². The standard InChI is InChI=1S/C13H8N4O3S/c18-12-7-10(15-13-16(12)14-8-21-13)4-1-9-2-5-11(6-3-9)17(19)20/h1-8H. The van der Waals surface area contributed by atoms with Crippen molar-refractivity contribution in [2.75, 3.05) is 0 Å². The molecule has 104 valence electrons. The zero-order chi connectivity index (χ0) is 14.8. The van der Waals surface area contributed by atoms with Gasteiger partial charge in [-0.2, -0.15) is 9.61 Å². The highest BCUT2D eigenvalue weighted by molar-refractivity contribution is 7.14. The van der Waals surface area contributed by atoms with Gasteiger partial charge in [-0.1, -0.05) is 17.4 Å². The zero-order valence-corrected chi connectivity index (χ0v) is 11.4. The summed E-state index contributed by atoms with van der Waals surface area (Å²) in [6.45, 7) is 0. The molecule has 0 aliphatic heterocycles. The van der Waals surface area contributed by atoms with Crippen LogP contribution in [-0.4, -0.2) is 19.5 Å². The number of aromatic nitrogens is 3. The van der Waals surface area contributed by atoms with Gasteiger partial charge in [0.25, 0.3) is 11.2 Å². The van der Waals surface area contributed by atoms with E-state index in [1.165, 1.54) is 34.1 Å². The van der Waals surface area contributed by atoms with Gasteiger partial charge in [0.05, 0.1) is 10.6 Å². The van der Waals surface area contributed by atoms with E-state index in [1.807, 2.05) is 0 Å². The summed E-state index contributed by atoms with van der Waals surface area (Å²) in [4.78, 5) is 26.7. The first-order chi connectivity index (χ1) is 10.1. The van der Waals surface area contributed by atoms with Gasteiger partial charge in [-0.05, 0) is 23.8 Å². The number of hydrogen-bond donors (Lipinski definition) is 0. The lowest BCUT2D eigenvalue weighted by molar-refractivity contribution is -0.384. The van der Waals surface area contributed by atoms with Crippen molar-refractivity contribution >= 4 is 34.1 Å². The highest BCUT2D eigenvalue weighted by Crippen LogP contribution is 2.14. The van der Waals surface area contributed by atoms with Crippen molar-refractivity contribution in [1.29, 1.82) is 0 Å². The first kappa shape index (κ1) is 13.1. The van der Waals surface area contributed by atoms with E-state index in [9.17, 15) is 14.9 Å². The average Bonchev–Trinajstić information content (AvgIpc) is 2.94. The molecule has 7 nitrogen and oxygen atoms in total. The molecule has 21 heavy (non-hydrogen) atoms. The molecule has 0 atom stereocenters. The maximum Gasteiger partial charge on any atom is 0.275 e. The SMILES string of the molecule is O=c1cc(C=Cc2ccc([N+](=O)[O-])cc2)nc2scnn12. The molecule has 0 spiro atoms. The van der Waals surface area contributed by atoms with Gasteiger partial charge < -0.3 is 0 Å². The third kappa shape index (κ3) is 2.70. The molecule has 0 unspecified atom stereocenters. The Hall–Kier alpha value is -2.87. The molecule has 2 heterocycles. The Kier molecular flexibility index (Phi) is 3.28. The third-order valence-corrected chi connectivity index (χ3v) is 3.43. The highest BCUT2D eigenvalue weighted by Gasteiger charge is 2.03. The van der Waals surface area contributed by atoms with Crippen LogP contribution >= 0.6 is 11.3 Å². The van der Waals surface area contributed by atoms with Crippen molar-refractivity contribution in [3.8, 4) is 0 Å². The monoisotopic (exact) mass is 300 g/mol. The largest absolute Gasteiger partial charge is 0.275 e. The minimum Gasteiger partial charge on any atom is -0.267 e. The van der Waals surface area contributed by atoms with Crippen molar-refractivity contribution in [2.45, 2.75) is 0 Å². The van der Waals surface area contributed by atoms with Crippen LogP contribution in [0.1, 0.15) is 11.3 Å². The van der Waals surface area contributed by atoms with Crippen molar-refractivity contribution in [3.63, 3.8) is 0 Å². The Morgan fingerprint density at radius 1 is 1.24 bits per heavy atom. The van der Waals surface area contributed by atoms with E-state index in [0.29, 0.717) is 10.7 Å². The molecular weight excluding hydrogens is 292 g/mol. The number of benzene rings is 1. The van der Waals surface area contributed by atoms with Crippen molar-refractivity contribution in [2.24, 2.45) is 0 Å². The summed E-state index contributed by atoms with van der Waals surface area (Å²) in [5, 5.41) is 14.4. The van der Waals surface area contributed by atoms with Gasteiger partial charge in [0.1, 0.15) is 5.51 Å². The summed E-state index contributed by atoms with van der Waals surface area (Å²) >= 11 is 1.27. The number of rotatable bonds is 3. The fraction of sp³-hybridized carbons (Fsp3) is 0. The third-order valence-electron chi connectivity index (χ3n) is 2.76. The summed E-state index contributed by atoms with van der Waals surface area (Å²) in [6, 6.07) is 7.50. The van der Waals surface area contributed by atoms with Crippen molar-refractivity contribution in [1.82, 2.24) is 14.6 Å². The molecule has 3 aromatic rings. The van der Waals surface area contributed by atoms with E-state index in [2.05, 4.69) is 10.1 Å². The minimum atomic E-state index is -0.451. The number of nitro groups is 1. The molecule has 0 aliphatic rings. The first-order valence-corrected chi connectivity index (χ1v) is 6.77. The summed E-state index contributed by atoms with van der Waals surface area (Å²) in [5.74, 6) is 0. The first-order valence-electron chi connectivity index (χ1n) is 5.89. The molecule has 0 N–H and O–H groups in total. The normalized spacial score (nSPS) is 11.2. The van der Waals surface area contributed by atoms with Crippen LogP contribution in [0.2, 0.25) is 0 Å². The second kappa shape index (κ2) is 5.25. The highest BCUT2D eigenvalue weighted by atomic mass is 32.1. The lowest BCUT2D eigenvalue weighted by atomic mass is 10.2. The lowest BCUT2D eigenvalue weighted by Gasteiger charge is -1.95. The number of nitrogens with zero attached hydrogens (tertiary/aromatic N) is 4. The number of hydrogen-bond acceptors (Lipinski definition) is 6. The van der Waals surface area contributed by atoms with E-state index in [4.69, 9.17) is 0 Å². The Morgan fingerprint density at radius 3 is 2.71 bits per heavy atom. The van der Waals surface area contributed by atoms with E-state index >= 15 is 0 Å². The Bertz CT molecular complexity index is 896. The molecule has 0 bridgehead atoms. The van der Waals surface area contributed by atoms with Crippen LogP contribution in [0.15, 0.2) is 40.6 Å².